The number of hydrogen-bond donors (Lipinski definition) is 1. The molecule has 90 valence electrons. The molecule has 3 nitrogen and oxygen atoms in total. The van der Waals surface area contributed by atoms with Gasteiger partial charge in [-0.15, -0.1) is 0 Å². The second-order valence-corrected chi connectivity index (χ2v) is 4.95. The highest BCUT2D eigenvalue weighted by Gasteiger charge is 2.38. The molecule has 1 fully saturated rings. The van der Waals surface area contributed by atoms with Gasteiger partial charge in [0.05, 0.1) is 6.04 Å². The first kappa shape index (κ1) is 10.8. The van der Waals surface area contributed by atoms with Crippen molar-refractivity contribution < 1.29 is 4.79 Å². The van der Waals surface area contributed by atoms with E-state index >= 15 is 0 Å². The van der Waals surface area contributed by atoms with Crippen molar-refractivity contribution in [3.05, 3.63) is 34.4 Å². The van der Waals surface area contributed by atoms with Crippen LogP contribution < -0.4 is 5.32 Å². The van der Waals surface area contributed by atoms with Crippen LogP contribution in [-0.2, 0) is 6.42 Å². The summed E-state index contributed by atoms with van der Waals surface area (Å²) in [6.07, 6.45) is 1.03. The molecule has 1 aromatic carbocycles. The summed E-state index contributed by atoms with van der Waals surface area (Å²) in [5, 5.41) is 3.38. The number of piperazine rings is 1. The quantitative estimate of drug-likeness (QED) is 0.795. The summed E-state index contributed by atoms with van der Waals surface area (Å²) in [7, 11) is 0. The van der Waals surface area contributed by atoms with Crippen LogP contribution >= 0.6 is 0 Å². The molecule has 1 aromatic rings. The number of nitrogens with one attached hydrogen (secondary N) is 1. The lowest BCUT2D eigenvalue weighted by Crippen LogP contribution is -2.44. The molecule has 17 heavy (non-hydrogen) atoms. The number of nitrogens with zero attached hydrogens (tertiary/aromatic N) is 1. The highest BCUT2D eigenvalue weighted by atomic mass is 16.2. The van der Waals surface area contributed by atoms with Gasteiger partial charge in [0.2, 0.25) is 0 Å². The predicted octanol–water partition coefficient (Wildman–Crippen LogP) is 1.66. The van der Waals surface area contributed by atoms with E-state index in [1.54, 1.807) is 0 Å². The zero-order valence-electron chi connectivity index (χ0n) is 10.4. The van der Waals surface area contributed by atoms with E-state index in [0.717, 1.165) is 37.2 Å². The number of fused-ring (bicyclic) bond motifs is 3. The third-order valence-electron chi connectivity index (χ3n) is 3.91. The molecule has 0 aliphatic carbocycles. The van der Waals surface area contributed by atoms with E-state index in [0.29, 0.717) is 0 Å². The molecule has 2 aliphatic rings. The monoisotopic (exact) mass is 230 g/mol. The molecule has 0 spiro atoms. The Morgan fingerprint density at radius 3 is 3.06 bits per heavy atom. The molecule has 1 unspecified atom stereocenters. The standard InChI is InChI=1S/C14H18N2O/c1-3-10-6-9(2)13-11(7-10)12-8-15-4-5-16(12)14(13)17/h6-7,12,15H,3-5,8H2,1-2H3. The Kier molecular flexibility index (Phi) is 2.44. The first-order valence-corrected chi connectivity index (χ1v) is 6.37. The highest BCUT2D eigenvalue weighted by molar-refractivity contribution is 6.00. The summed E-state index contributed by atoms with van der Waals surface area (Å²) >= 11 is 0. The molecule has 0 saturated carbocycles. The molecule has 0 radical (unpaired) electrons. The Bertz CT molecular complexity index is 481. The maximum Gasteiger partial charge on any atom is 0.255 e. The molecule has 1 N–H and O–H groups in total. The normalized spacial score (nSPS) is 22.6. The van der Waals surface area contributed by atoms with Gasteiger partial charge in [-0.3, -0.25) is 4.79 Å². The molecule has 3 rings (SSSR count). The third kappa shape index (κ3) is 1.49. The minimum Gasteiger partial charge on any atom is -0.329 e. The zero-order chi connectivity index (χ0) is 12.0. The van der Waals surface area contributed by atoms with Crippen molar-refractivity contribution >= 4 is 5.91 Å². The van der Waals surface area contributed by atoms with E-state index in [2.05, 4.69) is 31.3 Å². The van der Waals surface area contributed by atoms with Gasteiger partial charge in [-0.25, -0.2) is 0 Å². The van der Waals surface area contributed by atoms with Gasteiger partial charge in [0.15, 0.2) is 0 Å². The first-order chi connectivity index (χ1) is 8.22. The van der Waals surface area contributed by atoms with Crippen molar-refractivity contribution in [1.82, 2.24) is 10.2 Å². The van der Waals surface area contributed by atoms with E-state index in [1.165, 1.54) is 11.1 Å². The van der Waals surface area contributed by atoms with Crippen LogP contribution in [0.2, 0.25) is 0 Å². The predicted molar refractivity (Wildman–Crippen MR) is 67.2 cm³/mol. The maximum atomic E-state index is 12.3. The summed E-state index contributed by atoms with van der Waals surface area (Å²) in [6.45, 7) is 6.86. The molecule has 1 saturated heterocycles. The van der Waals surface area contributed by atoms with Crippen molar-refractivity contribution in [2.75, 3.05) is 19.6 Å². The summed E-state index contributed by atoms with van der Waals surface area (Å²) in [6, 6.07) is 4.64. The lowest BCUT2D eigenvalue weighted by atomic mass is 9.96. The van der Waals surface area contributed by atoms with Crippen molar-refractivity contribution in [3.8, 4) is 0 Å². The average molecular weight is 230 g/mol. The van der Waals surface area contributed by atoms with Crippen molar-refractivity contribution in [3.63, 3.8) is 0 Å². The smallest absolute Gasteiger partial charge is 0.255 e. The van der Waals surface area contributed by atoms with Gasteiger partial charge in [0.1, 0.15) is 0 Å². The second-order valence-electron chi connectivity index (χ2n) is 4.95. The van der Waals surface area contributed by atoms with Gasteiger partial charge in [-0.2, -0.15) is 0 Å². The fourth-order valence-corrected chi connectivity index (χ4v) is 3.02. The van der Waals surface area contributed by atoms with E-state index in [-0.39, 0.29) is 11.9 Å². The molecule has 0 bridgehead atoms. The Hall–Kier alpha value is -1.35. The van der Waals surface area contributed by atoms with E-state index in [1.807, 2.05) is 4.90 Å². The van der Waals surface area contributed by atoms with Crippen LogP contribution in [0.15, 0.2) is 12.1 Å². The van der Waals surface area contributed by atoms with Crippen molar-refractivity contribution in [2.24, 2.45) is 0 Å². The molecular formula is C14H18N2O. The summed E-state index contributed by atoms with van der Waals surface area (Å²) < 4.78 is 0. The topological polar surface area (TPSA) is 32.3 Å². The van der Waals surface area contributed by atoms with Crippen LogP contribution in [0.3, 0.4) is 0 Å². The van der Waals surface area contributed by atoms with Gasteiger partial charge in [-0.1, -0.05) is 19.1 Å². The number of rotatable bonds is 1. The first-order valence-electron chi connectivity index (χ1n) is 6.37. The van der Waals surface area contributed by atoms with E-state index in [9.17, 15) is 4.79 Å². The fourth-order valence-electron chi connectivity index (χ4n) is 3.02. The van der Waals surface area contributed by atoms with Crippen LogP contribution in [0.25, 0.3) is 0 Å². The Morgan fingerprint density at radius 1 is 1.47 bits per heavy atom. The van der Waals surface area contributed by atoms with Crippen molar-refractivity contribution in [1.29, 1.82) is 0 Å². The van der Waals surface area contributed by atoms with Gasteiger partial charge in [0, 0.05) is 25.2 Å². The van der Waals surface area contributed by atoms with Crippen LogP contribution in [0.4, 0.5) is 0 Å². The largest absolute Gasteiger partial charge is 0.329 e. The lowest BCUT2D eigenvalue weighted by Gasteiger charge is -2.30. The van der Waals surface area contributed by atoms with Gasteiger partial charge >= 0.3 is 0 Å². The van der Waals surface area contributed by atoms with E-state index in [4.69, 9.17) is 0 Å². The summed E-state index contributed by atoms with van der Waals surface area (Å²) in [4.78, 5) is 14.4. The van der Waals surface area contributed by atoms with Crippen LogP contribution in [-0.4, -0.2) is 30.4 Å². The average Bonchev–Trinajstić information content (AvgIpc) is 2.64. The Morgan fingerprint density at radius 2 is 2.29 bits per heavy atom. The lowest BCUT2D eigenvalue weighted by molar-refractivity contribution is 0.0690. The molecule has 2 aliphatic heterocycles. The van der Waals surface area contributed by atoms with Gasteiger partial charge in [0.25, 0.3) is 5.91 Å². The van der Waals surface area contributed by atoms with Crippen LogP contribution in [0, 0.1) is 6.92 Å². The number of amides is 1. The molecule has 1 atom stereocenters. The molecule has 0 aromatic heterocycles. The highest BCUT2D eigenvalue weighted by Crippen LogP contribution is 2.36. The third-order valence-corrected chi connectivity index (χ3v) is 3.91. The zero-order valence-corrected chi connectivity index (χ0v) is 10.4. The Labute approximate surface area is 102 Å². The minimum absolute atomic E-state index is 0.228. The summed E-state index contributed by atoms with van der Waals surface area (Å²) in [5.74, 6) is 0.228. The van der Waals surface area contributed by atoms with Crippen LogP contribution in [0.1, 0.15) is 40.0 Å². The SMILES string of the molecule is CCc1cc(C)c2c(c1)C1CNCCN1C2=O. The maximum absolute atomic E-state index is 12.3. The number of carbonyl (C=O) groups is 1. The number of hydrogen-bond acceptors (Lipinski definition) is 2. The number of benzene rings is 1. The molecular weight excluding hydrogens is 212 g/mol. The van der Waals surface area contributed by atoms with Crippen molar-refractivity contribution in [2.45, 2.75) is 26.3 Å². The molecule has 1 amide bonds. The minimum atomic E-state index is 0.228. The number of aryl methyl sites for hydroxylation is 2. The van der Waals surface area contributed by atoms with Crippen LogP contribution in [0.5, 0.6) is 0 Å². The second kappa shape index (κ2) is 3.84. The van der Waals surface area contributed by atoms with E-state index < -0.39 is 0 Å². The summed E-state index contributed by atoms with van der Waals surface area (Å²) in [5.41, 5.74) is 4.66. The molecule has 3 heteroatoms. The molecule has 2 heterocycles. The fraction of sp³-hybridized carbons (Fsp3) is 0.500. The number of carbonyl (C=O) groups excluding carboxylic acids is 1. The van der Waals surface area contributed by atoms with Gasteiger partial charge in [-0.05, 0) is 30.0 Å². The van der Waals surface area contributed by atoms with Gasteiger partial charge < -0.3 is 10.2 Å². The Balaban J connectivity index is 2.14.